The van der Waals surface area contributed by atoms with E-state index >= 15 is 0 Å². The third kappa shape index (κ3) is 3.74. The summed E-state index contributed by atoms with van der Waals surface area (Å²) in [5.41, 5.74) is 1.19. The maximum Gasteiger partial charge on any atom is 0.303 e. The van der Waals surface area contributed by atoms with E-state index in [1.54, 1.807) is 23.1 Å². The van der Waals surface area contributed by atoms with Gasteiger partial charge in [0.15, 0.2) is 0 Å². The number of benzene rings is 1. The van der Waals surface area contributed by atoms with Gasteiger partial charge in [0.2, 0.25) is 0 Å². The minimum atomic E-state index is -0.842. The van der Waals surface area contributed by atoms with Crippen LogP contribution in [-0.2, 0) is 4.79 Å². The Bertz CT molecular complexity index is 541. The molecule has 1 aromatic rings. The number of aliphatic carboxylic acids is 1. The predicted molar refractivity (Wildman–Crippen MR) is 78.4 cm³/mol. The van der Waals surface area contributed by atoms with E-state index in [1.807, 2.05) is 6.92 Å². The topological polar surface area (TPSA) is 77.8 Å². The number of carboxylic acids is 1. The fourth-order valence-electron chi connectivity index (χ4n) is 2.84. The monoisotopic (exact) mass is 291 g/mol. The SMILES string of the molecule is Cc1ccc(C(=O)N2CCCCC2CCC(=O)O)c(O)c1. The molecule has 1 atom stereocenters. The minimum absolute atomic E-state index is 0.0115. The lowest BCUT2D eigenvalue weighted by atomic mass is 9.96. The minimum Gasteiger partial charge on any atom is -0.507 e. The van der Waals surface area contributed by atoms with Crippen LogP contribution in [0.4, 0.5) is 0 Å². The molecule has 5 nitrogen and oxygen atoms in total. The van der Waals surface area contributed by atoms with Gasteiger partial charge >= 0.3 is 5.97 Å². The number of aromatic hydroxyl groups is 1. The molecule has 1 amide bonds. The number of carbonyl (C=O) groups is 2. The summed E-state index contributed by atoms with van der Waals surface area (Å²) in [5, 5.41) is 18.8. The molecule has 21 heavy (non-hydrogen) atoms. The maximum absolute atomic E-state index is 12.6. The molecule has 1 fully saturated rings. The van der Waals surface area contributed by atoms with E-state index in [0.29, 0.717) is 18.5 Å². The van der Waals surface area contributed by atoms with E-state index in [9.17, 15) is 14.7 Å². The highest BCUT2D eigenvalue weighted by atomic mass is 16.4. The van der Waals surface area contributed by atoms with Crippen molar-refractivity contribution in [1.82, 2.24) is 4.90 Å². The maximum atomic E-state index is 12.6. The Labute approximate surface area is 124 Å². The Kier molecular flexibility index (Phi) is 4.83. The summed E-state index contributed by atoms with van der Waals surface area (Å²) in [5.74, 6) is -1.06. The van der Waals surface area contributed by atoms with Crippen LogP contribution >= 0.6 is 0 Å². The van der Waals surface area contributed by atoms with Gasteiger partial charge in [-0.15, -0.1) is 0 Å². The molecule has 0 spiro atoms. The van der Waals surface area contributed by atoms with E-state index in [4.69, 9.17) is 5.11 Å². The van der Waals surface area contributed by atoms with Crippen molar-refractivity contribution >= 4 is 11.9 Å². The molecule has 0 aromatic heterocycles. The van der Waals surface area contributed by atoms with Crippen LogP contribution in [0.3, 0.4) is 0 Å². The number of carboxylic acid groups (broad SMARTS) is 1. The molecule has 0 radical (unpaired) electrons. The molecule has 114 valence electrons. The van der Waals surface area contributed by atoms with Crippen molar-refractivity contribution in [3.05, 3.63) is 29.3 Å². The predicted octanol–water partition coefficient (Wildman–Crippen LogP) is 2.56. The Balaban J connectivity index is 2.16. The number of nitrogens with zero attached hydrogens (tertiary/aromatic N) is 1. The molecule has 1 unspecified atom stereocenters. The van der Waals surface area contributed by atoms with Gasteiger partial charge in [-0.1, -0.05) is 6.07 Å². The van der Waals surface area contributed by atoms with Crippen LogP contribution in [0, 0.1) is 6.92 Å². The van der Waals surface area contributed by atoms with Crippen LogP contribution in [0.2, 0.25) is 0 Å². The highest BCUT2D eigenvalue weighted by Crippen LogP contribution is 2.26. The number of rotatable bonds is 4. The Morgan fingerprint density at radius 1 is 1.33 bits per heavy atom. The number of phenolic OH excluding ortho intramolecular Hbond substituents is 1. The van der Waals surface area contributed by atoms with Crippen molar-refractivity contribution in [1.29, 1.82) is 0 Å². The van der Waals surface area contributed by atoms with E-state index in [1.165, 1.54) is 0 Å². The van der Waals surface area contributed by atoms with Crippen LogP contribution in [0.25, 0.3) is 0 Å². The van der Waals surface area contributed by atoms with Gasteiger partial charge in [-0.2, -0.15) is 0 Å². The lowest BCUT2D eigenvalue weighted by Gasteiger charge is -2.35. The lowest BCUT2D eigenvalue weighted by molar-refractivity contribution is -0.137. The first kappa shape index (κ1) is 15.4. The summed E-state index contributed by atoms with van der Waals surface area (Å²) in [4.78, 5) is 25.1. The van der Waals surface area contributed by atoms with Gasteiger partial charge in [-0.3, -0.25) is 9.59 Å². The van der Waals surface area contributed by atoms with Gasteiger partial charge in [-0.05, 0) is 50.3 Å². The molecule has 0 aliphatic carbocycles. The Morgan fingerprint density at radius 2 is 2.10 bits per heavy atom. The molecule has 5 heteroatoms. The zero-order chi connectivity index (χ0) is 15.4. The largest absolute Gasteiger partial charge is 0.507 e. The molecule has 2 rings (SSSR count). The number of amides is 1. The van der Waals surface area contributed by atoms with Crippen LogP contribution in [-0.4, -0.2) is 39.6 Å². The van der Waals surface area contributed by atoms with Crippen LogP contribution in [0.1, 0.15) is 48.0 Å². The average molecular weight is 291 g/mol. The number of hydrogen-bond acceptors (Lipinski definition) is 3. The summed E-state index contributed by atoms with van der Waals surface area (Å²) >= 11 is 0. The van der Waals surface area contributed by atoms with Crippen molar-refractivity contribution in [2.75, 3.05) is 6.54 Å². The first-order valence-electron chi connectivity index (χ1n) is 7.31. The van der Waals surface area contributed by atoms with Crippen molar-refractivity contribution in [3.63, 3.8) is 0 Å². The summed E-state index contributed by atoms with van der Waals surface area (Å²) in [6.07, 6.45) is 3.28. The van der Waals surface area contributed by atoms with Gasteiger partial charge in [0.25, 0.3) is 5.91 Å². The second-order valence-electron chi connectivity index (χ2n) is 5.60. The van der Waals surface area contributed by atoms with Crippen LogP contribution in [0.5, 0.6) is 5.75 Å². The molecule has 1 aromatic carbocycles. The molecule has 0 saturated carbocycles. The second kappa shape index (κ2) is 6.61. The molecular weight excluding hydrogens is 270 g/mol. The zero-order valence-electron chi connectivity index (χ0n) is 12.2. The Hall–Kier alpha value is -2.04. The third-order valence-electron chi connectivity index (χ3n) is 3.96. The van der Waals surface area contributed by atoms with Gasteiger partial charge in [0.05, 0.1) is 5.56 Å². The lowest BCUT2D eigenvalue weighted by Crippen LogP contribution is -2.44. The Morgan fingerprint density at radius 3 is 2.76 bits per heavy atom. The molecule has 1 aliphatic heterocycles. The number of aryl methyl sites for hydroxylation is 1. The first-order valence-corrected chi connectivity index (χ1v) is 7.31. The second-order valence-corrected chi connectivity index (χ2v) is 5.60. The van der Waals surface area contributed by atoms with Crippen molar-refractivity contribution in [3.8, 4) is 5.75 Å². The number of hydrogen-bond donors (Lipinski definition) is 2. The number of likely N-dealkylation sites (tertiary alicyclic amines) is 1. The third-order valence-corrected chi connectivity index (χ3v) is 3.96. The molecule has 1 saturated heterocycles. The fraction of sp³-hybridized carbons (Fsp3) is 0.500. The van der Waals surface area contributed by atoms with E-state index in [2.05, 4.69) is 0 Å². The highest BCUT2D eigenvalue weighted by molar-refractivity contribution is 5.97. The smallest absolute Gasteiger partial charge is 0.303 e. The van der Waals surface area contributed by atoms with Gasteiger partial charge in [0, 0.05) is 19.0 Å². The summed E-state index contributed by atoms with van der Waals surface area (Å²) < 4.78 is 0. The van der Waals surface area contributed by atoms with E-state index < -0.39 is 5.97 Å². The summed E-state index contributed by atoms with van der Waals surface area (Å²) in [6.45, 7) is 2.47. The van der Waals surface area contributed by atoms with Gasteiger partial charge in [0.1, 0.15) is 5.75 Å². The zero-order valence-corrected chi connectivity index (χ0v) is 12.2. The van der Waals surface area contributed by atoms with Crippen molar-refractivity contribution < 1.29 is 19.8 Å². The number of phenols is 1. The van der Waals surface area contributed by atoms with Gasteiger partial charge in [-0.25, -0.2) is 0 Å². The fourth-order valence-corrected chi connectivity index (χ4v) is 2.84. The molecule has 0 bridgehead atoms. The molecule has 2 N–H and O–H groups in total. The average Bonchev–Trinajstić information content (AvgIpc) is 2.45. The molecule has 1 heterocycles. The number of piperidine rings is 1. The van der Waals surface area contributed by atoms with Crippen LogP contribution < -0.4 is 0 Å². The van der Waals surface area contributed by atoms with E-state index in [0.717, 1.165) is 24.8 Å². The normalized spacial score (nSPS) is 18.5. The molecular formula is C16H21NO4. The van der Waals surface area contributed by atoms with Crippen molar-refractivity contribution in [2.45, 2.75) is 45.1 Å². The number of carbonyl (C=O) groups excluding carboxylic acids is 1. The quantitative estimate of drug-likeness (QED) is 0.893. The molecule has 1 aliphatic rings. The summed E-state index contributed by atoms with van der Waals surface area (Å²) in [6, 6.07) is 4.95. The highest BCUT2D eigenvalue weighted by Gasteiger charge is 2.28. The first-order chi connectivity index (χ1) is 9.99. The summed E-state index contributed by atoms with van der Waals surface area (Å²) in [7, 11) is 0. The van der Waals surface area contributed by atoms with Gasteiger partial charge < -0.3 is 15.1 Å². The van der Waals surface area contributed by atoms with Crippen LogP contribution in [0.15, 0.2) is 18.2 Å². The van der Waals surface area contributed by atoms with E-state index in [-0.39, 0.29) is 24.1 Å². The van der Waals surface area contributed by atoms with Crippen molar-refractivity contribution in [2.24, 2.45) is 0 Å². The standard InChI is InChI=1S/C16H21NO4/c1-11-5-7-13(14(18)10-11)16(21)17-9-3-2-4-12(17)6-8-15(19)20/h5,7,10,12,18H,2-4,6,8-9H2,1H3,(H,19,20).